The van der Waals surface area contributed by atoms with Crippen LogP contribution in [-0.4, -0.2) is 24.5 Å². The average Bonchev–Trinajstić information content (AvgIpc) is 3.11. The molecule has 0 unspecified atom stereocenters. The van der Waals surface area contributed by atoms with Crippen molar-refractivity contribution in [2.75, 3.05) is 13.6 Å². The summed E-state index contributed by atoms with van der Waals surface area (Å²) in [6.45, 7) is 5.94. The first-order chi connectivity index (χ1) is 10.7. The van der Waals surface area contributed by atoms with Gasteiger partial charge in [0.25, 0.3) is 0 Å². The largest absolute Gasteiger partial charge is 0.356 e. The van der Waals surface area contributed by atoms with E-state index in [0.717, 1.165) is 35.7 Å². The number of nitrogens with zero attached hydrogens (tertiary/aromatic N) is 2. The van der Waals surface area contributed by atoms with Gasteiger partial charge in [-0.1, -0.05) is 38.5 Å². The Morgan fingerprint density at radius 3 is 2.64 bits per heavy atom. The second-order valence-electron chi connectivity index (χ2n) is 6.24. The second-order valence-corrected chi connectivity index (χ2v) is 7.53. The van der Waals surface area contributed by atoms with Crippen LogP contribution in [0.5, 0.6) is 0 Å². The molecule has 0 bridgehead atoms. The molecule has 124 valence electrons. The molecule has 1 aliphatic rings. The summed E-state index contributed by atoms with van der Waals surface area (Å²) in [6, 6.07) is 0. The van der Waals surface area contributed by atoms with Crippen LogP contribution in [0.15, 0.2) is 4.99 Å². The van der Waals surface area contributed by atoms with E-state index in [1.54, 1.807) is 11.3 Å². The third kappa shape index (κ3) is 5.59. The first kappa shape index (κ1) is 17.3. The van der Waals surface area contributed by atoms with Crippen molar-refractivity contribution in [3.05, 3.63) is 15.6 Å². The monoisotopic (exact) mass is 322 g/mol. The third-order valence-electron chi connectivity index (χ3n) is 4.45. The zero-order valence-corrected chi connectivity index (χ0v) is 15.1. The Balaban J connectivity index is 1.59. The fourth-order valence-corrected chi connectivity index (χ4v) is 4.06. The van der Waals surface area contributed by atoms with Gasteiger partial charge >= 0.3 is 0 Å². The van der Waals surface area contributed by atoms with Crippen molar-refractivity contribution in [1.29, 1.82) is 0 Å². The highest BCUT2D eigenvalue weighted by molar-refractivity contribution is 7.11. The van der Waals surface area contributed by atoms with E-state index in [1.165, 1.54) is 49.8 Å². The molecule has 5 heteroatoms. The maximum Gasteiger partial charge on any atom is 0.191 e. The predicted molar refractivity (Wildman–Crippen MR) is 95.6 cm³/mol. The van der Waals surface area contributed by atoms with Gasteiger partial charge in [0.05, 0.1) is 17.2 Å². The molecule has 0 radical (unpaired) electrons. The highest BCUT2D eigenvalue weighted by Crippen LogP contribution is 2.28. The molecule has 1 heterocycles. The van der Waals surface area contributed by atoms with Crippen molar-refractivity contribution < 1.29 is 0 Å². The first-order valence-corrected chi connectivity index (χ1v) is 9.38. The van der Waals surface area contributed by atoms with Crippen LogP contribution in [0.2, 0.25) is 0 Å². The minimum Gasteiger partial charge on any atom is -0.356 e. The molecule has 4 nitrogen and oxygen atoms in total. The Morgan fingerprint density at radius 1 is 1.23 bits per heavy atom. The molecule has 0 aromatic carbocycles. The van der Waals surface area contributed by atoms with Crippen LogP contribution in [0.1, 0.15) is 60.5 Å². The quantitative estimate of drug-likeness (QED) is 0.456. The van der Waals surface area contributed by atoms with Gasteiger partial charge in [-0.15, -0.1) is 11.3 Å². The van der Waals surface area contributed by atoms with E-state index < -0.39 is 0 Å². The van der Waals surface area contributed by atoms with E-state index in [0.29, 0.717) is 0 Å². The number of aromatic nitrogens is 1. The van der Waals surface area contributed by atoms with Crippen molar-refractivity contribution >= 4 is 17.3 Å². The summed E-state index contributed by atoms with van der Waals surface area (Å²) in [6.07, 6.45) is 9.81. The number of aliphatic imine (C=N–C) groups is 1. The highest BCUT2D eigenvalue weighted by atomic mass is 32.1. The van der Waals surface area contributed by atoms with Crippen LogP contribution in [0.25, 0.3) is 0 Å². The highest BCUT2D eigenvalue weighted by Gasteiger charge is 2.13. The zero-order valence-electron chi connectivity index (χ0n) is 14.2. The predicted octanol–water partition coefficient (Wildman–Crippen LogP) is 3.79. The van der Waals surface area contributed by atoms with Gasteiger partial charge in [0.2, 0.25) is 0 Å². The van der Waals surface area contributed by atoms with Gasteiger partial charge in [0.15, 0.2) is 5.96 Å². The van der Waals surface area contributed by atoms with Crippen LogP contribution in [0, 0.1) is 19.8 Å². The fraction of sp³-hybridized carbons (Fsp3) is 0.765. The van der Waals surface area contributed by atoms with Gasteiger partial charge in [-0.25, -0.2) is 4.98 Å². The number of nitrogens with one attached hydrogen (secondary N) is 2. The number of hydrogen-bond donors (Lipinski definition) is 2. The molecule has 0 amide bonds. The maximum atomic E-state index is 4.46. The summed E-state index contributed by atoms with van der Waals surface area (Å²) in [4.78, 5) is 10.0. The number of rotatable bonds is 7. The lowest BCUT2D eigenvalue weighted by molar-refractivity contribution is 0.472. The summed E-state index contributed by atoms with van der Waals surface area (Å²) in [5.41, 5.74) is 1.13. The first-order valence-electron chi connectivity index (χ1n) is 8.56. The Kier molecular flexibility index (Phi) is 7.16. The number of hydrogen-bond acceptors (Lipinski definition) is 3. The standard InChI is InChI=1S/C17H30N4S/c1-13-16(22-14(2)21-13)12-20-17(18-3)19-11-7-6-10-15-8-4-5-9-15/h15H,4-12H2,1-3H3,(H2,18,19,20). The molecule has 0 saturated heterocycles. The molecular weight excluding hydrogens is 292 g/mol. The molecule has 2 N–H and O–H groups in total. The van der Waals surface area contributed by atoms with E-state index in [1.807, 2.05) is 7.05 Å². The smallest absolute Gasteiger partial charge is 0.191 e. The Morgan fingerprint density at radius 2 is 2.00 bits per heavy atom. The summed E-state index contributed by atoms with van der Waals surface area (Å²) in [5, 5.41) is 7.92. The van der Waals surface area contributed by atoms with Crippen LogP contribution in [0.3, 0.4) is 0 Å². The SMILES string of the molecule is CN=C(NCCCCC1CCCC1)NCc1sc(C)nc1C. The molecule has 0 aliphatic heterocycles. The van der Waals surface area contributed by atoms with Gasteiger partial charge < -0.3 is 10.6 Å². The molecule has 22 heavy (non-hydrogen) atoms. The van der Waals surface area contributed by atoms with Crippen LogP contribution in [0.4, 0.5) is 0 Å². The van der Waals surface area contributed by atoms with Gasteiger partial charge in [-0.2, -0.15) is 0 Å². The summed E-state index contributed by atoms with van der Waals surface area (Å²) in [5.74, 6) is 1.90. The topological polar surface area (TPSA) is 49.3 Å². The lowest BCUT2D eigenvalue weighted by Crippen LogP contribution is -2.37. The minimum atomic E-state index is 0.805. The van der Waals surface area contributed by atoms with Crippen LogP contribution in [-0.2, 0) is 6.54 Å². The molecule has 2 rings (SSSR count). The molecule has 1 aliphatic carbocycles. The second kappa shape index (κ2) is 9.13. The molecule has 0 atom stereocenters. The minimum absolute atomic E-state index is 0.805. The third-order valence-corrected chi connectivity index (χ3v) is 5.52. The molecule has 1 aromatic heterocycles. The van der Waals surface area contributed by atoms with Gasteiger partial charge in [0, 0.05) is 18.5 Å². The fourth-order valence-electron chi connectivity index (χ4n) is 3.19. The zero-order chi connectivity index (χ0) is 15.8. The molecular formula is C17H30N4S. The summed E-state index contributed by atoms with van der Waals surface area (Å²) >= 11 is 1.76. The lowest BCUT2D eigenvalue weighted by Gasteiger charge is -2.12. The number of aryl methyl sites for hydroxylation is 2. The van der Waals surface area contributed by atoms with Crippen molar-refractivity contribution in [2.24, 2.45) is 10.9 Å². The van der Waals surface area contributed by atoms with Crippen molar-refractivity contribution in [3.63, 3.8) is 0 Å². The van der Waals surface area contributed by atoms with Gasteiger partial charge in [0.1, 0.15) is 0 Å². The van der Waals surface area contributed by atoms with Crippen molar-refractivity contribution in [2.45, 2.75) is 65.3 Å². The van der Waals surface area contributed by atoms with Crippen LogP contribution < -0.4 is 10.6 Å². The van der Waals surface area contributed by atoms with Gasteiger partial charge in [-0.3, -0.25) is 4.99 Å². The summed E-state index contributed by atoms with van der Waals surface area (Å²) < 4.78 is 0. The van der Waals surface area contributed by atoms with Gasteiger partial charge in [-0.05, 0) is 26.2 Å². The van der Waals surface area contributed by atoms with E-state index in [9.17, 15) is 0 Å². The van der Waals surface area contributed by atoms with E-state index in [2.05, 4.69) is 34.5 Å². The van der Waals surface area contributed by atoms with E-state index >= 15 is 0 Å². The average molecular weight is 323 g/mol. The number of thiazole rings is 1. The Hall–Kier alpha value is -1.10. The molecule has 0 spiro atoms. The molecule has 1 fully saturated rings. The van der Waals surface area contributed by atoms with E-state index in [-0.39, 0.29) is 0 Å². The lowest BCUT2D eigenvalue weighted by atomic mass is 10.0. The maximum absolute atomic E-state index is 4.46. The summed E-state index contributed by atoms with van der Waals surface area (Å²) in [7, 11) is 1.83. The Bertz CT molecular complexity index is 475. The molecule has 1 saturated carbocycles. The Labute approximate surface area is 138 Å². The normalized spacial score (nSPS) is 16.2. The van der Waals surface area contributed by atoms with E-state index in [4.69, 9.17) is 0 Å². The molecule has 1 aromatic rings. The number of unbranched alkanes of at least 4 members (excludes halogenated alkanes) is 1. The van der Waals surface area contributed by atoms with Crippen LogP contribution >= 0.6 is 11.3 Å². The van der Waals surface area contributed by atoms with Crippen molar-refractivity contribution in [1.82, 2.24) is 15.6 Å². The van der Waals surface area contributed by atoms with Crippen molar-refractivity contribution in [3.8, 4) is 0 Å². The number of guanidine groups is 1.